The number of pyridine rings is 1. The molecule has 122 valence electrons. The van der Waals surface area contributed by atoms with E-state index in [0.717, 1.165) is 16.6 Å². The van der Waals surface area contributed by atoms with Crippen LogP contribution in [0.15, 0.2) is 48.5 Å². The molecule has 24 heavy (non-hydrogen) atoms. The molecule has 2 aromatic carbocycles. The summed E-state index contributed by atoms with van der Waals surface area (Å²) in [4.78, 5) is 18.1. The third-order valence-electron chi connectivity index (χ3n) is 3.94. The van der Waals surface area contributed by atoms with E-state index in [0.29, 0.717) is 17.1 Å². The second-order valence-electron chi connectivity index (χ2n) is 5.62. The Bertz CT molecular complexity index is 922. The number of benzene rings is 2. The third kappa shape index (κ3) is 2.88. The van der Waals surface area contributed by atoms with Crippen molar-refractivity contribution in [2.45, 2.75) is 6.92 Å². The van der Waals surface area contributed by atoms with E-state index in [1.807, 2.05) is 44.3 Å². The second-order valence-corrected chi connectivity index (χ2v) is 5.62. The molecule has 0 aliphatic rings. The number of rotatable bonds is 4. The van der Waals surface area contributed by atoms with Crippen molar-refractivity contribution in [2.75, 3.05) is 19.1 Å². The number of aromatic nitrogens is 1. The van der Waals surface area contributed by atoms with Crippen molar-refractivity contribution in [2.24, 2.45) is 0 Å². The van der Waals surface area contributed by atoms with Crippen molar-refractivity contribution in [3.63, 3.8) is 0 Å². The molecular formula is C19H18N2O3. The van der Waals surface area contributed by atoms with Crippen LogP contribution in [0.25, 0.3) is 10.9 Å². The molecule has 0 fully saturated rings. The summed E-state index contributed by atoms with van der Waals surface area (Å²) in [6.07, 6.45) is 0. The molecule has 3 aromatic rings. The molecule has 3 rings (SSSR count). The largest absolute Gasteiger partial charge is 0.497 e. The Balaban J connectivity index is 2.20. The fourth-order valence-corrected chi connectivity index (χ4v) is 2.64. The molecule has 0 amide bonds. The van der Waals surface area contributed by atoms with Gasteiger partial charge in [0, 0.05) is 24.2 Å². The molecule has 0 unspecified atom stereocenters. The van der Waals surface area contributed by atoms with Gasteiger partial charge in [-0.3, -0.25) is 0 Å². The maximum Gasteiger partial charge on any atom is 0.339 e. The highest BCUT2D eigenvalue weighted by Gasteiger charge is 2.18. The molecule has 0 aliphatic heterocycles. The molecule has 1 N–H and O–H groups in total. The molecule has 0 saturated carbocycles. The zero-order chi connectivity index (χ0) is 17.3. The quantitative estimate of drug-likeness (QED) is 0.786. The Kier molecular flexibility index (Phi) is 4.08. The number of fused-ring (bicyclic) bond motifs is 1. The number of methoxy groups -OCH3 is 1. The molecular weight excluding hydrogens is 304 g/mol. The van der Waals surface area contributed by atoms with Crippen molar-refractivity contribution in [1.29, 1.82) is 0 Å². The van der Waals surface area contributed by atoms with Crippen molar-refractivity contribution in [3.05, 3.63) is 59.7 Å². The van der Waals surface area contributed by atoms with Gasteiger partial charge in [0.2, 0.25) is 0 Å². The maximum atomic E-state index is 11.7. The Labute approximate surface area is 140 Å². The van der Waals surface area contributed by atoms with Gasteiger partial charge in [-0.05, 0) is 42.8 Å². The number of ether oxygens (including phenoxy) is 1. The molecule has 0 aliphatic carbocycles. The summed E-state index contributed by atoms with van der Waals surface area (Å²) in [6, 6.07) is 14.9. The highest BCUT2D eigenvalue weighted by atomic mass is 16.5. The normalized spacial score (nSPS) is 10.6. The number of hydrogen-bond acceptors (Lipinski definition) is 4. The Morgan fingerprint density at radius 2 is 1.96 bits per heavy atom. The van der Waals surface area contributed by atoms with Crippen LogP contribution >= 0.6 is 0 Å². The Morgan fingerprint density at radius 1 is 1.17 bits per heavy atom. The first kappa shape index (κ1) is 15.8. The number of carboxylic acids is 1. The zero-order valence-corrected chi connectivity index (χ0v) is 13.8. The first-order valence-corrected chi connectivity index (χ1v) is 7.52. The number of anilines is 2. The molecule has 0 radical (unpaired) electrons. The first-order chi connectivity index (χ1) is 11.5. The van der Waals surface area contributed by atoms with Crippen molar-refractivity contribution < 1.29 is 14.6 Å². The summed E-state index contributed by atoms with van der Waals surface area (Å²) in [6.45, 7) is 1.99. The third-order valence-corrected chi connectivity index (χ3v) is 3.94. The number of nitrogens with zero attached hydrogens (tertiary/aromatic N) is 2. The number of aryl methyl sites for hydroxylation is 1. The van der Waals surface area contributed by atoms with E-state index in [1.165, 1.54) is 0 Å². The molecule has 5 heteroatoms. The van der Waals surface area contributed by atoms with Crippen LogP contribution in [-0.4, -0.2) is 30.2 Å². The first-order valence-electron chi connectivity index (χ1n) is 7.52. The molecule has 5 nitrogen and oxygen atoms in total. The molecule has 0 atom stereocenters. The number of carbonyl (C=O) groups is 1. The van der Waals surface area contributed by atoms with Gasteiger partial charge >= 0.3 is 5.97 Å². The van der Waals surface area contributed by atoms with Crippen LogP contribution in [0, 0.1) is 6.92 Å². The van der Waals surface area contributed by atoms with Crippen molar-refractivity contribution in [3.8, 4) is 5.75 Å². The minimum absolute atomic E-state index is 0.164. The average molecular weight is 322 g/mol. The maximum absolute atomic E-state index is 11.7. The topological polar surface area (TPSA) is 62.7 Å². The van der Waals surface area contributed by atoms with Crippen LogP contribution in [0.1, 0.15) is 15.9 Å². The Hall–Kier alpha value is -3.08. The van der Waals surface area contributed by atoms with E-state index in [4.69, 9.17) is 4.74 Å². The standard InChI is InChI=1S/C19H18N2O3/c1-12-5-4-6-14(9-12)21(2)18-16(19(22)23)10-13-7-8-15(24-3)11-17(13)20-18/h4-11H,1-3H3,(H,22,23). The van der Waals surface area contributed by atoms with Crippen LogP contribution in [0.3, 0.4) is 0 Å². The van der Waals surface area contributed by atoms with Crippen molar-refractivity contribution >= 4 is 28.4 Å². The predicted molar refractivity (Wildman–Crippen MR) is 94.5 cm³/mol. The van der Waals surface area contributed by atoms with Gasteiger partial charge in [0.05, 0.1) is 12.6 Å². The van der Waals surface area contributed by atoms with Gasteiger partial charge < -0.3 is 14.7 Å². The van der Waals surface area contributed by atoms with Gasteiger partial charge in [0.15, 0.2) is 0 Å². The minimum Gasteiger partial charge on any atom is -0.497 e. The van der Waals surface area contributed by atoms with E-state index >= 15 is 0 Å². The molecule has 0 saturated heterocycles. The Morgan fingerprint density at radius 3 is 2.62 bits per heavy atom. The van der Waals surface area contributed by atoms with Crippen LogP contribution in [0.4, 0.5) is 11.5 Å². The molecule has 0 bridgehead atoms. The molecule has 0 spiro atoms. The van der Waals surface area contributed by atoms with Gasteiger partial charge in [-0.1, -0.05) is 12.1 Å². The van der Waals surface area contributed by atoms with Crippen LogP contribution < -0.4 is 9.64 Å². The van der Waals surface area contributed by atoms with Crippen LogP contribution in [0.2, 0.25) is 0 Å². The second kappa shape index (κ2) is 6.20. The SMILES string of the molecule is COc1ccc2cc(C(=O)O)c(N(C)c3cccc(C)c3)nc2c1. The summed E-state index contributed by atoms with van der Waals surface area (Å²) in [5.41, 5.74) is 2.83. The van der Waals surface area contributed by atoms with Gasteiger partial charge in [-0.15, -0.1) is 0 Å². The minimum atomic E-state index is -1.00. The zero-order valence-electron chi connectivity index (χ0n) is 13.8. The van der Waals surface area contributed by atoms with E-state index in [9.17, 15) is 9.90 Å². The van der Waals surface area contributed by atoms with E-state index in [-0.39, 0.29) is 5.56 Å². The lowest BCUT2D eigenvalue weighted by molar-refractivity contribution is 0.0697. The highest BCUT2D eigenvalue weighted by molar-refractivity contribution is 5.99. The number of hydrogen-bond donors (Lipinski definition) is 1. The summed E-state index contributed by atoms with van der Waals surface area (Å²) in [5.74, 6) is 0.0748. The smallest absolute Gasteiger partial charge is 0.339 e. The lowest BCUT2D eigenvalue weighted by Gasteiger charge is -2.21. The number of carboxylic acid groups (broad SMARTS) is 1. The highest BCUT2D eigenvalue weighted by Crippen LogP contribution is 2.30. The lowest BCUT2D eigenvalue weighted by atomic mass is 10.1. The van der Waals surface area contributed by atoms with E-state index in [2.05, 4.69) is 4.98 Å². The van der Waals surface area contributed by atoms with E-state index < -0.39 is 5.97 Å². The summed E-state index contributed by atoms with van der Waals surface area (Å²) in [5, 5.41) is 10.3. The summed E-state index contributed by atoms with van der Waals surface area (Å²) < 4.78 is 5.23. The average Bonchev–Trinajstić information content (AvgIpc) is 2.59. The number of aromatic carboxylic acids is 1. The van der Waals surface area contributed by atoms with Gasteiger partial charge in [-0.25, -0.2) is 9.78 Å². The fourth-order valence-electron chi connectivity index (χ4n) is 2.64. The predicted octanol–water partition coefficient (Wildman–Crippen LogP) is 4.02. The lowest BCUT2D eigenvalue weighted by Crippen LogP contribution is -2.16. The van der Waals surface area contributed by atoms with Crippen LogP contribution in [-0.2, 0) is 0 Å². The van der Waals surface area contributed by atoms with Gasteiger partial charge in [0.1, 0.15) is 17.1 Å². The fraction of sp³-hybridized carbons (Fsp3) is 0.158. The monoisotopic (exact) mass is 322 g/mol. The molecule has 1 heterocycles. The van der Waals surface area contributed by atoms with Gasteiger partial charge in [-0.2, -0.15) is 0 Å². The van der Waals surface area contributed by atoms with E-state index in [1.54, 1.807) is 30.2 Å². The van der Waals surface area contributed by atoms with Crippen LogP contribution in [0.5, 0.6) is 5.75 Å². The summed E-state index contributed by atoms with van der Waals surface area (Å²) >= 11 is 0. The summed E-state index contributed by atoms with van der Waals surface area (Å²) in [7, 11) is 3.40. The molecule has 1 aromatic heterocycles. The van der Waals surface area contributed by atoms with Crippen molar-refractivity contribution in [1.82, 2.24) is 4.98 Å². The van der Waals surface area contributed by atoms with Gasteiger partial charge in [0.25, 0.3) is 0 Å².